The van der Waals surface area contributed by atoms with Gasteiger partial charge in [-0.1, -0.05) is 54.6 Å². The molecule has 25 heavy (non-hydrogen) atoms. The summed E-state index contributed by atoms with van der Waals surface area (Å²) in [6, 6.07) is 16.7. The van der Waals surface area contributed by atoms with Crippen LogP contribution in [0.4, 0.5) is 0 Å². The van der Waals surface area contributed by atoms with Crippen LogP contribution in [0.3, 0.4) is 0 Å². The normalized spacial score (nSPS) is 16.3. The second-order valence-electron chi connectivity index (χ2n) is 6.14. The molecule has 0 aliphatic carbocycles. The Morgan fingerprint density at radius 3 is 2.44 bits per heavy atom. The zero-order valence-electron chi connectivity index (χ0n) is 13.9. The van der Waals surface area contributed by atoms with Gasteiger partial charge in [-0.25, -0.2) is 4.79 Å². The third-order valence-electron chi connectivity index (χ3n) is 4.46. The Morgan fingerprint density at radius 1 is 1.04 bits per heavy atom. The van der Waals surface area contributed by atoms with E-state index in [2.05, 4.69) is 0 Å². The van der Waals surface area contributed by atoms with Gasteiger partial charge in [0.1, 0.15) is 12.6 Å². The van der Waals surface area contributed by atoms with Crippen molar-refractivity contribution in [1.29, 1.82) is 0 Å². The highest BCUT2D eigenvalue weighted by atomic mass is 16.5. The molecule has 0 fully saturated rings. The van der Waals surface area contributed by atoms with E-state index in [0.29, 0.717) is 19.6 Å². The average Bonchev–Trinajstić information content (AvgIpc) is 2.64. The van der Waals surface area contributed by atoms with E-state index in [4.69, 9.17) is 4.74 Å². The molecule has 1 aliphatic heterocycles. The van der Waals surface area contributed by atoms with Gasteiger partial charge in [0.25, 0.3) is 0 Å². The van der Waals surface area contributed by atoms with Crippen molar-refractivity contribution < 1.29 is 19.4 Å². The molecule has 2 aromatic carbocycles. The summed E-state index contributed by atoms with van der Waals surface area (Å²) < 4.78 is 5.48. The summed E-state index contributed by atoms with van der Waals surface area (Å²) in [4.78, 5) is 25.4. The third-order valence-corrected chi connectivity index (χ3v) is 4.46. The average molecular weight is 339 g/mol. The molecule has 1 N–H and O–H groups in total. The number of carboxylic acid groups (broad SMARTS) is 1. The first-order valence-electron chi connectivity index (χ1n) is 8.36. The summed E-state index contributed by atoms with van der Waals surface area (Å²) >= 11 is 0. The van der Waals surface area contributed by atoms with Gasteiger partial charge >= 0.3 is 5.97 Å². The van der Waals surface area contributed by atoms with E-state index in [9.17, 15) is 14.7 Å². The lowest BCUT2D eigenvalue weighted by molar-refractivity contribution is -0.153. The number of carbonyl (C=O) groups excluding carboxylic acids is 1. The number of ether oxygens (including phenoxy) is 1. The van der Waals surface area contributed by atoms with Crippen LogP contribution in [0.25, 0.3) is 0 Å². The zero-order valence-corrected chi connectivity index (χ0v) is 13.9. The fourth-order valence-electron chi connectivity index (χ4n) is 3.08. The van der Waals surface area contributed by atoms with Crippen molar-refractivity contribution in [3.63, 3.8) is 0 Å². The third kappa shape index (κ3) is 4.25. The fraction of sp³-hybridized carbons (Fsp3) is 0.300. The Morgan fingerprint density at radius 2 is 1.72 bits per heavy atom. The molecule has 1 atom stereocenters. The van der Waals surface area contributed by atoms with E-state index in [1.54, 1.807) is 0 Å². The molecule has 2 aromatic rings. The van der Waals surface area contributed by atoms with Crippen molar-refractivity contribution >= 4 is 11.9 Å². The Bertz CT molecular complexity index is 744. The second-order valence-corrected chi connectivity index (χ2v) is 6.14. The number of carbonyl (C=O) groups is 2. The topological polar surface area (TPSA) is 66.8 Å². The Kier molecular flexibility index (Phi) is 5.46. The van der Waals surface area contributed by atoms with E-state index < -0.39 is 12.0 Å². The second kappa shape index (κ2) is 7.94. The predicted molar refractivity (Wildman–Crippen MR) is 93.1 cm³/mol. The molecular weight excluding hydrogens is 318 g/mol. The van der Waals surface area contributed by atoms with Crippen LogP contribution < -0.4 is 0 Å². The van der Waals surface area contributed by atoms with Crippen LogP contribution in [0.15, 0.2) is 54.6 Å². The Labute approximate surface area is 146 Å². The summed E-state index contributed by atoms with van der Waals surface area (Å²) in [6.45, 7) is 0.644. The number of hydrogen-bond acceptors (Lipinski definition) is 3. The lowest BCUT2D eigenvalue weighted by Crippen LogP contribution is -2.49. The molecule has 0 spiro atoms. The lowest BCUT2D eigenvalue weighted by Gasteiger charge is -2.34. The van der Waals surface area contributed by atoms with Gasteiger partial charge in [-0.3, -0.25) is 4.79 Å². The number of rotatable bonds is 6. The van der Waals surface area contributed by atoms with Crippen LogP contribution in [0.5, 0.6) is 0 Å². The summed E-state index contributed by atoms with van der Waals surface area (Å²) in [5.41, 5.74) is 3.13. The molecule has 1 aliphatic rings. The standard InChI is InChI=1S/C20H21NO4/c22-19(14-25-11-10-15-6-2-1-3-7-15)21-13-17-9-5-4-8-16(17)12-18(21)20(23)24/h1-9,18H,10-14H2,(H,23,24). The van der Waals surface area contributed by atoms with Gasteiger partial charge in [-0.2, -0.15) is 0 Å². The van der Waals surface area contributed by atoms with Gasteiger partial charge < -0.3 is 14.7 Å². The highest BCUT2D eigenvalue weighted by molar-refractivity contribution is 5.85. The molecule has 5 heteroatoms. The van der Waals surface area contributed by atoms with E-state index >= 15 is 0 Å². The van der Waals surface area contributed by atoms with E-state index in [1.807, 2.05) is 54.6 Å². The molecular formula is C20H21NO4. The van der Waals surface area contributed by atoms with Crippen molar-refractivity contribution in [1.82, 2.24) is 4.90 Å². The summed E-state index contributed by atoms with van der Waals surface area (Å²) in [6.07, 6.45) is 1.06. The number of benzene rings is 2. The van der Waals surface area contributed by atoms with Crippen LogP contribution in [0.2, 0.25) is 0 Å². The number of fused-ring (bicyclic) bond motifs is 1. The molecule has 130 valence electrons. The number of aliphatic carboxylic acids is 1. The van der Waals surface area contributed by atoms with Gasteiger partial charge in [0.2, 0.25) is 5.91 Å². The largest absolute Gasteiger partial charge is 0.480 e. The molecule has 0 bridgehead atoms. The Balaban J connectivity index is 1.57. The van der Waals surface area contributed by atoms with Gasteiger partial charge in [0, 0.05) is 13.0 Å². The van der Waals surface area contributed by atoms with Crippen molar-refractivity contribution in [2.45, 2.75) is 25.4 Å². The maximum Gasteiger partial charge on any atom is 0.326 e. The van der Waals surface area contributed by atoms with Gasteiger partial charge in [-0.15, -0.1) is 0 Å². The van der Waals surface area contributed by atoms with E-state index in [0.717, 1.165) is 23.1 Å². The van der Waals surface area contributed by atoms with Crippen LogP contribution >= 0.6 is 0 Å². The predicted octanol–water partition coefficient (Wildman–Crippen LogP) is 2.28. The SMILES string of the molecule is O=C(O)C1Cc2ccccc2CN1C(=O)COCCc1ccccc1. The van der Waals surface area contributed by atoms with Crippen LogP contribution in [0.1, 0.15) is 16.7 Å². The Hall–Kier alpha value is -2.66. The van der Waals surface area contributed by atoms with Crippen molar-refractivity contribution in [3.8, 4) is 0 Å². The maximum absolute atomic E-state index is 12.5. The van der Waals surface area contributed by atoms with Crippen LogP contribution in [-0.2, 0) is 33.7 Å². The van der Waals surface area contributed by atoms with Crippen molar-refractivity contribution in [2.75, 3.05) is 13.2 Å². The van der Waals surface area contributed by atoms with Crippen LogP contribution in [0, 0.1) is 0 Å². The first-order valence-corrected chi connectivity index (χ1v) is 8.36. The van der Waals surface area contributed by atoms with E-state index in [-0.39, 0.29) is 12.5 Å². The zero-order chi connectivity index (χ0) is 17.6. The van der Waals surface area contributed by atoms with E-state index in [1.165, 1.54) is 4.90 Å². The maximum atomic E-state index is 12.5. The smallest absolute Gasteiger partial charge is 0.326 e. The summed E-state index contributed by atoms with van der Waals surface area (Å²) in [5, 5.41) is 9.47. The van der Waals surface area contributed by atoms with Crippen molar-refractivity contribution in [2.24, 2.45) is 0 Å². The molecule has 0 radical (unpaired) electrons. The van der Waals surface area contributed by atoms with Crippen molar-refractivity contribution in [3.05, 3.63) is 71.3 Å². The monoisotopic (exact) mass is 339 g/mol. The molecule has 5 nitrogen and oxygen atoms in total. The highest BCUT2D eigenvalue weighted by Gasteiger charge is 2.34. The molecule has 1 unspecified atom stereocenters. The minimum absolute atomic E-state index is 0.0984. The quantitative estimate of drug-likeness (QED) is 0.820. The van der Waals surface area contributed by atoms with Gasteiger partial charge in [0.15, 0.2) is 0 Å². The minimum atomic E-state index is -0.980. The minimum Gasteiger partial charge on any atom is -0.480 e. The molecule has 3 rings (SSSR count). The molecule has 0 saturated heterocycles. The number of nitrogens with zero attached hydrogens (tertiary/aromatic N) is 1. The van der Waals surface area contributed by atoms with Gasteiger partial charge in [-0.05, 0) is 23.1 Å². The number of hydrogen-bond donors (Lipinski definition) is 1. The molecule has 1 amide bonds. The summed E-state index contributed by atoms with van der Waals surface area (Å²) in [5.74, 6) is -1.26. The fourth-order valence-corrected chi connectivity index (χ4v) is 3.08. The number of amides is 1. The molecule has 1 heterocycles. The number of carboxylic acids is 1. The summed E-state index contributed by atoms with van der Waals surface area (Å²) in [7, 11) is 0. The molecule has 0 saturated carbocycles. The lowest BCUT2D eigenvalue weighted by atomic mass is 9.94. The van der Waals surface area contributed by atoms with Gasteiger partial charge in [0.05, 0.1) is 6.61 Å². The molecule has 0 aromatic heterocycles. The first-order chi connectivity index (χ1) is 12.1. The first kappa shape index (κ1) is 17.2. The van der Waals surface area contributed by atoms with Crippen LogP contribution in [-0.4, -0.2) is 41.1 Å². The highest BCUT2D eigenvalue weighted by Crippen LogP contribution is 2.23.